The van der Waals surface area contributed by atoms with Crippen LogP contribution in [0.15, 0.2) is 60.2 Å². The number of aromatic nitrogens is 4. The molecule has 0 bridgehead atoms. The molecule has 138 valence electrons. The maximum atomic E-state index is 5.26. The summed E-state index contributed by atoms with van der Waals surface area (Å²) < 4.78 is 6.55. The van der Waals surface area contributed by atoms with Crippen LogP contribution in [0.25, 0.3) is 32.4 Å². The molecular formula is C22H18N4OS. The Bertz CT molecular complexity index is 1270. The molecule has 5 aromatic rings. The lowest BCUT2D eigenvalue weighted by Crippen LogP contribution is -1.96. The Balaban J connectivity index is 1.42. The number of nitrogens with one attached hydrogen (secondary N) is 1. The van der Waals surface area contributed by atoms with Crippen LogP contribution in [0.1, 0.15) is 11.5 Å². The molecule has 1 N–H and O–H groups in total. The Morgan fingerprint density at radius 3 is 2.93 bits per heavy atom. The monoisotopic (exact) mass is 386 g/mol. The zero-order chi connectivity index (χ0) is 18.9. The summed E-state index contributed by atoms with van der Waals surface area (Å²) in [6, 6.07) is 14.4. The highest BCUT2D eigenvalue weighted by molar-refractivity contribution is 7.17. The van der Waals surface area contributed by atoms with Crippen LogP contribution in [0, 0.1) is 0 Å². The number of thiophene rings is 1. The molecule has 0 fully saturated rings. The molecule has 0 aliphatic heterocycles. The number of methoxy groups -OCH3 is 1. The predicted octanol–water partition coefficient (Wildman–Crippen LogP) is 5.03. The van der Waals surface area contributed by atoms with Crippen LogP contribution in [-0.2, 0) is 12.8 Å². The second-order valence-electron chi connectivity index (χ2n) is 6.61. The number of nitrogens with zero attached hydrogens (tertiary/aromatic N) is 3. The van der Waals surface area contributed by atoms with E-state index < -0.39 is 0 Å². The van der Waals surface area contributed by atoms with Gasteiger partial charge in [-0.25, -0.2) is 9.97 Å². The average molecular weight is 386 g/mol. The molecule has 4 aromatic heterocycles. The largest absolute Gasteiger partial charge is 0.497 e. The average Bonchev–Trinajstić information content (AvgIpc) is 3.35. The number of hydrogen-bond acceptors (Lipinski definition) is 5. The first kappa shape index (κ1) is 16.9. The van der Waals surface area contributed by atoms with Gasteiger partial charge in [-0.15, -0.1) is 11.3 Å². The summed E-state index contributed by atoms with van der Waals surface area (Å²) in [6.07, 6.45) is 5.24. The lowest BCUT2D eigenvalue weighted by molar-refractivity contribution is 0.413. The van der Waals surface area contributed by atoms with Crippen molar-refractivity contribution in [1.82, 2.24) is 19.9 Å². The maximum absolute atomic E-state index is 5.26. The number of fused-ring (bicyclic) bond motifs is 2. The minimum absolute atomic E-state index is 0.747. The Kier molecular flexibility index (Phi) is 4.25. The first-order valence-corrected chi connectivity index (χ1v) is 9.98. The van der Waals surface area contributed by atoms with E-state index in [2.05, 4.69) is 55.6 Å². The molecule has 28 heavy (non-hydrogen) atoms. The highest BCUT2D eigenvalue weighted by Gasteiger charge is 2.10. The first-order chi connectivity index (χ1) is 13.8. The normalized spacial score (nSPS) is 11.3. The van der Waals surface area contributed by atoms with Gasteiger partial charge in [-0.2, -0.15) is 0 Å². The third-order valence-electron chi connectivity index (χ3n) is 4.82. The Labute approximate surface area is 166 Å². The first-order valence-electron chi connectivity index (χ1n) is 9.10. The predicted molar refractivity (Wildman–Crippen MR) is 113 cm³/mol. The third kappa shape index (κ3) is 3.12. The highest BCUT2D eigenvalue weighted by atomic mass is 32.1. The molecule has 0 aliphatic rings. The number of ether oxygens (including phenoxy) is 1. The van der Waals surface area contributed by atoms with E-state index in [0.29, 0.717) is 0 Å². The van der Waals surface area contributed by atoms with Crippen molar-refractivity contribution >= 4 is 32.6 Å². The van der Waals surface area contributed by atoms with Gasteiger partial charge in [0.15, 0.2) is 5.65 Å². The van der Waals surface area contributed by atoms with E-state index in [1.165, 1.54) is 15.6 Å². The van der Waals surface area contributed by atoms with Crippen LogP contribution in [0.2, 0.25) is 0 Å². The van der Waals surface area contributed by atoms with Crippen molar-refractivity contribution in [1.29, 1.82) is 0 Å². The summed E-state index contributed by atoms with van der Waals surface area (Å²) in [7, 11) is 1.66. The summed E-state index contributed by atoms with van der Waals surface area (Å²) in [5.41, 5.74) is 5.01. The standard InChI is InChI=1S/C22H18N4OS/c1-27-16-8-9-23-15(11-16)6-7-21-25-19-10-14(12-24-22(19)26-21)18-13-28-20-5-3-2-4-17(18)20/h2-5,8-13H,6-7H2,1H3,(H,24,25,26). The fraction of sp³-hybridized carbons (Fsp3) is 0.136. The van der Waals surface area contributed by atoms with Gasteiger partial charge in [0.25, 0.3) is 0 Å². The van der Waals surface area contributed by atoms with E-state index in [-0.39, 0.29) is 0 Å². The molecule has 5 rings (SSSR count). The van der Waals surface area contributed by atoms with Crippen molar-refractivity contribution in [3.8, 4) is 16.9 Å². The zero-order valence-electron chi connectivity index (χ0n) is 15.3. The number of aromatic amines is 1. The number of aryl methyl sites for hydroxylation is 2. The quantitative estimate of drug-likeness (QED) is 0.460. The third-order valence-corrected chi connectivity index (χ3v) is 5.78. The molecule has 0 unspecified atom stereocenters. The van der Waals surface area contributed by atoms with Crippen LogP contribution in [0.3, 0.4) is 0 Å². The molecular weight excluding hydrogens is 368 g/mol. The maximum Gasteiger partial charge on any atom is 0.177 e. The fourth-order valence-corrected chi connectivity index (χ4v) is 4.35. The fourth-order valence-electron chi connectivity index (χ4n) is 3.38. The van der Waals surface area contributed by atoms with E-state index in [1.54, 1.807) is 24.6 Å². The van der Waals surface area contributed by atoms with E-state index in [1.807, 2.05) is 18.3 Å². The number of benzene rings is 1. The van der Waals surface area contributed by atoms with Gasteiger partial charge in [0.05, 0.1) is 12.6 Å². The number of H-pyrrole nitrogens is 1. The van der Waals surface area contributed by atoms with Gasteiger partial charge in [-0.05, 0) is 30.0 Å². The Morgan fingerprint density at radius 2 is 2.00 bits per heavy atom. The second kappa shape index (κ2) is 7.05. The van der Waals surface area contributed by atoms with Crippen molar-refractivity contribution in [2.45, 2.75) is 12.8 Å². The molecule has 0 aliphatic carbocycles. The summed E-state index contributed by atoms with van der Waals surface area (Å²) in [5, 5.41) is 3.46. The summed E-state index contributed by atoms with van der Waals surface area (Å²) in [6.45, 7) is 0. The minimum Gasteiger partial charge on any atom is -0.497 e. The van der Waals surface area contributed by atoms with Crippen molar-refractivity contribution in [3.63, 3.8) is 0 Å². The number of imidazole rings is 1. The lowest BCUT2D eigenvalue weighted by Gasteiger charge is -2.02. The number of pyridine rings is 2. The molecule has 5 nitrogen and oxygen atoms in total. The highest BCUT2D eigenvalue weighted by Crippen LogP contribution is 2.34. The van der Waals surface area contributed by atoms with Gasteiger partial charge in [-0.1, -0.05) is 18.2 Å². The van der Waals surface area contributed by atoms with E-state index >= 15 is 0 Å². The molecule has 0 saturated carbocycles. The number of rotatable bonds is 5. The van der Waals surface area contributed by atoms with Crippen molar-refractivity contribution in [3.05, 3.63) is 71.8 Å². The lowest BCUT2D eigenvalue weighted by atomic mass is 10.1. The van der Waals surface area contributed by atoms with Gasteiger partial charge in [0.1, 0.15) is 11.6 Å². The van der Waals surface area contributed by atoms with Crippen molar-refractivity contribution in [2.75, 3.05) is 7.11 Å². The molecule has 0 atom stereocenters. The Hall–Kier alpha value is -3.25. The smallest absolute Gasteiger partial charge is 0.177 e. The summed E-state index contributed by atoms with van der Waals surface area (Å²) >= 11 is 1.76. The second-order valence-corrected chi connectivity index (χ2v) is 7.52. The van der Waals surface area contributed by atoms with Gasteiger partial charge in [-0.3, -0.25) is 4.98 Å². The SMILES string of the molecule is COc1ccnc(CCc2nc3ncc(-c4csc5ccccc45)cc3[nH]2)c1. The van der Waals surface area contributed by atoms with Gasteiger partial charge < -0.3 is 9.72 Å². The molecule has 0 saturated heterocycles. The summed E-state index contributed by atoms with van der Waals surface area (Å²) in [4.78, 5) is 17.0. The Morgan fingerprint density at radius 1 is 1.07 bits per heavy atom. The van der Waals surface area contributed by atoms with Crippen molar-refractivity contribution in [2.24, 2.45) is 0 Å². The van der Waals surface area contributed by atoms with Crippen LogP contribution in [-0.4, -0.2) is 27.0 Å². The van der Waals surface area contributed by atoms with Gasteiger partial charge in [0.2, 0.25) is 0 Å². The molecule has 0 radical (unpaired) electrons. The molecule has 1 aromatic carbocycles. The van der Waals surface area contributed by atoms with Crippen LogP contribution < -0.4 is 4.74 Å². The van der Waals surface area contributed by atoms with Crippen LogP contribution >= 0.6 is 11.3 Å². The molecule has 4 heterocycles. The van der Waals surface area contributed by atoms with Crippen LogP contribution in [0.4, 0.5) is 0 Å². The molecule has 0 spiro atoms. The van der Waals surface area contributed by atoms with E-state index in [9.17, 15) is 0 Å². The molecule has 0 amide bonds. The topological polar surface area (TPSA) is 63.7 Å². The molecule has 6 heteroatoms. The van der Waals surface area contributed by atoms with E-state index in [0.717, 1.165) is 46.8 Å². The van der Waals surface area contributed by atoms with E-state index in [4.69, 9.17) is 4.74 Å². The van der Waals surface area contributed by atoms with Gasteiger partial charge >= 0.3 is 0 Å². The van der Waals surface area contributed by atoms with Crippen molar-refractivity contribution < 1.29 is 4.74 Å². The van der Waals surface area contributed by atoms with Crippen LogP contribution in [0.5, 0.6) is 5.75 Å². The van der Waals surface area contributed by atoms with Gasteiger partial charge in [0, 0.05) is 51.8 Å². The summed E-state index contributed by atoms with van der Waals surface area (Å²) in [5.74, 6) is 1.74. The zero-order valence-corrected chi connectivity index (χ0v) is 16.2. The number of hydrogen-bond donors (Lipinski definition) is 1. The minimum atomic E-state index is 0.747.